The number of likely N-dealkylation sites (tertiary alicyclic amines) is 1. The molecule has 3 rings (SSSR count). The molecule has 1 unspecified atom stereocenters. The van der Waals surface area contributed by atoms with Crippen LogP contribution in [0.25, 0.3) is 0 Å². The number of methoxy groups -OCH3 is 1. The maximum atomic E-state index is 10.4. The SMILES string of the molecule is CC.CCC/C=C(/N)N1CCC(CC=O)CC1.COCCC1CN(Cc2ccc(Cl)c(Cl)c2)CCN1C. The number of hydrogen-bond donors (Lipinski definition) is 1. The molecule has 2 heterocycles. The number of nitrogens with two attached hydrogens (primary N) is 1. The minimum Gasteiger partial charge on any atom is -0.386 e. The third-order valence-electron chi connectivity index (χ3n) is 6.96. The van der Waals surface area contributed by atoms with E-state index in [1.807, 2.05) is 26.0 Å². The molecule has 1 aromatic rings. The quantitative estimate of drug-likeness (QED) is 0.353. The number of ether oxygens (including phenoxy) is 1. The van der Waals surface area contributed by atoms with Gasteiger partial charge in [-0.25, -0.2) is 0 Å². The van der Waals surface area contributed by atoms with Crippen molar-refractivity contribution in [2.45, 2.75) is 71.9 Å². The molecule has 2 aliphatic rings. The van der Waals surface area contributed by atoms with Crippen molar-refractivity contribution in [2.24, 2.45) is 11.7 Å². The van der Waals surface area contributed by atoms with Crippen molar-refractivity contribution in [3.05, 3.63) is 45.7 Å². The Morgan fingerprint density at radius 3 is 2.43 bits per heavy atom. The lowest BCUT2D eigenvalue weighted by Gasteiger charge is -2.39. The summed E-state index contributed by atoms with van der Waals surface area (Å²) in [6.45, 7) is 13.1. The minimum atomic E-state index is 0.562. The predicted molar refractivity (Wildman–Crippen MR) is 158 cm³/mol. The molecule has 0 bridgehead atoms. The van der Waals surface area contributed by atoms with E-state index in [0.29, 0.717) is 28.4 Å². The van der Waals surface area contributed by atoms with Gasteiger partial charge in [-0.05, 0) is 62.4 Å². The summed E-state index contributed by atoms with van der Waals surface area (Å²) in [5, 5.41) is 1.25. The fraction of sp³-hybridized carbons (Fsp3) is 0.690. The van der Waals surface area contributed by atoms with E-state index in [1.54, 1.807) is 7.11 Å². The molecule has 1 aromatic carbocycles. The Balaban J connectivity index is 0.000000360. The molecule has 0 amide bonds. The van der Waals surface area contributed by atoms with Gasteiger partial charge in [0.1, 0.15) is 6.29 Å². The number of hydrogen-bond acceptors (Lipinski definition) is 6. The third kappa shape index (κ3) is 12.9. The van der Waals surface area contributed by atoms with Crippen LogP contribution in [0.1, 0.15) is 64.9 Å². The standard InChI is InChI=1S/C15H22Cl2N2O.C12H22N2O.C2H6/c1-18-6-7-19(11-13(18)5-8-20-2)10-12-3-4-14(16)15(17)9-12;1-2-3-4-12(13)14-8-5-11(6-9-14)7-10-15;1-2/h3-4,9,13H,5-8,10-11H2,1-2H3;4,10-11H,2-3,5-9,13H2,1H3;1-2H3/b;12-4-;. The maximum Gasteiger partial charge on any atom is 0.120 e. The molecule has 212 valence electrons. The Morgan fingerprint density at radius 1 is 1.14 bits per heavy atom. The average molecular weight is 558 g/mol. The van der Waals surface area contributed by atoms with E-state index in [4.69, 9.17) is 33.7 Å². The highest BCUT2D eigenvalue weighted by Gasteiger charge is 2.24. The number of carbonyl (C=O) groups excluding carboxylic acids is 1. The lowest BCUT2D eigenvalue weighted by molar-refractivity contribution is -0.108. The van der Waals surface area contributed by atoms with Crippen LogP contribution >= 0.6 is 23.2 Å². The molecule has 6 nitrogen and oxygen atoms in total. The largest absolute Gasteiger partial charge is 0.386 e. The Bertz CT molecular complexity index is 785. The lowest BCUT2D eigenvalue weighted by atomic mass is 9.94. The normalized spacial score (nSPS) is 19.5. The van der Waals surface area contributed by atoms with Gasteiger partial charge >= 0.3 is 0 Å². The van der Waals surface area contributed by atoms with Crippen molar-refractivity contribution in [2.75, 3.05) is 53.5 Å². The van der Waals surface area contributed by atoms with Crippen molar-refractivity contribution in [3.63, 3.8) is 0 Å². The van der Waals surface area contributed by atoms with Crippen molar-refractivity contribution in [1.82, 2.24) is 14.7 Å². The van der Waals surface area contributed by atoms with Crippen molar-refractivity contribution < 1.29 is 9.53 Å². The van der Waals surface area contributed by atoms with Gasteiger partial charge in [0.05, 0.1) is 15.9 Å². The molecule has 0 saturated carbocycles. The molecule has 2 N–H and O–H groups in total. The van der Waals surface area contributed by atoms with Crippen LogP contribution in [-0.4, -0.2) is 80.5 Å². The fourth-order valence-electron chi connectivity index (χ4n) is 4.60. The molecule has 37 heavy (non-hydrogen) atoms. The first kappa shape index (κ1) is 33.7. The number of piperazine rings is 1. The van der Waals surface area contributed by atoms with Gasteiger partial charge in [0, 0.05) is 65.4 Å². The fourth-order valence-corrected chi connectivity index (χ4v) is 4.92. The van der Waals surface area contributed by atoms with Gasteiger partial charge in [-0.1, -0.05) is 56.5 Å². The summed E-state index contributed by atoms with van der Waals surface area (Å²) in [6.07, 6.45) is 9.33. The Morgan fingerprint density at radius 2 is 1.84 bits per heavy atom. The first-order valence-electron chi connectivity index (χ1n) is 13.9. The Labute approximate surface area is 236 Å². The minimum absolute atomic E-state index is 0.562. The number of aldehydes is 1. The number of piperidine rings is 1. The molecule has 1 atom stereocenters. The van der Waals surface area contributed by atoms with E-state index in [1.165, 1.54) is 5.56 Å². The van der Waals surface area contributed by atoms with Crippen LogP contribution in [0.15, 0.2) is 30.1 Å². The van der Waals surface area contributed by atoms with Gasteiger partial charge < -0.3 is 25.1 Å². The topological polar surface area (TPSA) is 62.0 Å². The molecule has 0 radical (unpaired) electrons. The molecular formula is C29H50Cl2N4O2. The van der Waals surface area contributed by atoms with E-state index in [2.05, 4.69) is 40.8 Å². The molecule has 0 spiro atoms. The summed E-state index contributed by atoms with van der Waals surface area (Å²) < 4.78 is 5.20. The summed E-state index contributed by atoms with van der Waals surface area (Å²) in [5.41, 5.74) is 7.19. The first-order chi connectivity index (χ1) is 17.9. The summed E-state index contributed by atoms with van der Waals surface area (Å²) in [5.74, 6) is 1.50. The van der Waals surface area contributed by atoms with E-state index in [-0.39, 0.29) is 0 Å². The summed E-state index contributed by atoms with van der Waals surface area (Å²) in [4.78, 5) is 17.5. The zero-order valence-corrected chi connectivity index (χ0v) is 25.2. The second-order valence-corrected chi connectivity index (χ2v) is 10.5. The van der Waals surface area contributed by atoms with Gasteiger partial charge in [-0.3, -0.25) is 4.90 Å². The van der Waals surface area contributed by atoms with Crippen LogP contribution in [0.4, 0.5) is 0 Å². The Hall–Kier alpha value is -1.31. The number of likely N-dealkylation sites (N-methyl/N-ethyl adjacent to an activating group) is 1. The second-order valence-electron chi connectivity index (χ2n) is 9.65. The van der Waals surface area contributed by atoms with Crippen molar-refractivity contribution in [1.29, 1.82) is 0 Å². The maximum absolute atomic E-state index is 10.4. The van der Waals surface area contributed by atoms with Crippen LogP contribution in [0, 0.1) is 5.92 Å². The van der Waals surface area contributed by atoms with Gasteiger partial charge in [-0.15, -0.1) is 0 Å². The molecular weight excluding hydrogens is 507 g/mol. The highest BCUT2D eigenvalue weighted by atomic mass is 35.5. The Kier molecular flexibility index (Phi) is 18.0. The summed E-state index contributed by atoms with van der Waals surface area (Å²) in [7, 11) is 3.95. The van der Waals surface area contributed by atoms with E-state index < -0.39 is 0 Å². The third-order valence-corrected chi connectivity index (χ3v) is 7.70. The van der Waals surface area contributed by atoms with Crippen LogP contribution in [-0.2, 0) is 16.1 Å². The van der Waals surface area contributed by atoms with Gasteiger partial charge in [0.2, 0.25) is 0 Å². The monoisotopic (exact) mass is 556 g/mol. The van der Waals surface area contributed by atoms with Gasteiger partial charge in [-0.2, -0.15) is 0 Å². The highest BCUT2D eigenvalue weighted by Crippen LogP contribution is 2.24. The molecule has 8 heteroatoms. The predicted octanol–water partition coefficient (Wildman–Crippen LogP) is 6.06. The zero-order valence-electron chi connectivity index (χ0n) is 23.7. The van der Waals surface area contributed by atoms with Gasteiger partial charge in [0.25, 0.3) is 0 Å². The molecule has 2 saturated heterocycles. The molecule has 2 fully saturated rings. The van der Waals surface area contributed by atoms with Crippen LogP contribution in [0.3, 0.4) is 0 Å². The highest BCUT2D eigenvalue weighted by molar-refractivity contribution is 6.42. The number of benzene rings is 1. The molecule has 0 aliphatic carbocycles. The van der Waals surface area contributed by atoms with E-state index >= 15 is 0 Å². The van der Waals surface area contributed by atoms with Gasteiger partial charge in [0.15, 0.2) is 0 Å². The lowest BCUT2D eigenvalue weighted by Crippen LogP contribution is -2.51. The first-order valence-corrected chi connectivity index (χ1v) is 14.6. The van der Waals surface area contributed by atoms with Crippen LogP contribution in [0.2, 0.25) is 10.0 Å². The summed E-state index contributed by atoms with van der Waals surface area (Å²) >= 11 is 12.0. The number of nitrogens with zero attached hydrogens (tertiary/aromatic N) is 3. The second kappa shape index (κ2) is 19.7. The van der Waals surface area contributed by atoms with Crippen molar-refractivity contribution in [3.8, 4) is 0 Å². The molecule has 0 aromatic heterocycles. The smallest absolute Gasteiger partial charge is 0.120 e. The number of rotatable bonds is 10. The summed E-state index contributed by atoms with van der Waals surface area (Å²) in [6, 6.07) is 6.45. The molecule has 2 aliphatic heterocycles. The van der Waals surface area contributed by atoms with Crippen molar-refractivity contribution >= 4 is 29.5 Å². The van der Waals surface area contributed by atoms with Crippen LogP contribution in [0.5, 0.6) is 0 Å². The number of allylic oxidation sites excluding steroid dienone is 1. The average Bonchev–Trinajstić information content (AvgIpc) is 2.92. The van der Waals surface area contributed by atoms with E-state index in [9.17, 15) is 4.79 Å². The van der Waals surface area contributed by atoms with E-state index in [0.717, 1.165) is 90.1 Å². The zero-order chi connectivity index (χ0) is 27.6. The number of halogens is 2. The number of unbranched alkanes of at least 4 members (excludes halogenated alkanes) is 1. The van der Waals surface area contributed by atoms with Crippen LogP contribution < -0.4 is 5.73 Å². The number of carbonyl (C=O) groups is 1.